The van der Waals surface area contributed by atoms with Crippen molar-refractivity contribution in [3.05, 3.63) is 100 Å². The van der Waals surface area contributed by atoms with Gasteiger partial charge in [0.25, 0.3) is 5.91 Å². The molecule has 1 aliphatic rings. The molecule has 184 valence electrons. The largest absolute Gasteiger partial charge is 0.497 e. The van der Waals surface area contributed by atoms with Crippen LogP contribution in [0.15, 0.2) is 66.7 Å². The molecule has 3 aromatic rings. The minimum absolute atomic E-state index is 0.150. The van der Waals surface area contributed by atoms with Crippen LogP contribution in [0.25, 0.3) is 0 Å². The van der Waals surface area contributed by atoms with Gasteiger partial charge in [-0.15, -0.1) is 0 Å². The molecule has 0 aliphatic carbocycles. The third-order valence-corrected chi connectivity index (χ3v) is 6.29. The molecule has 0 radical (unpaired) electrons. The van der Waals surface area contributed by atoms with Crippen LogP contribution in [-0.2, 0) is 11.3 Å². The molecule has 1 amide bonds. The molecule has 0 N–H and O–H groups in total. The third-order valence-electron chi connectivity index (χ3n) is 6.06. The Hall–Kier alpha value is -3.00. The maximum atomic E-state index is 13.6. The lowest BCUT2D eigenvalue weighted by Crippen LogP contribution is -2.49. The van der Waals surface area contributed by atoms with E-state index < -0.39 is 11.6 Å². The summed E-state index contributed by atoms with van der Waals surface area (Å²) in [6.45, 7) is 3.26. The number of hydrogen-bond acceptors (Lipinski definition) is 4. The van der Waals surface area contributed by atoms with Crippen molar-refractivity contribution < 1.29 is 23.0 Å². The molecule has 0 unspecified atom stereocenters. The normalized spacial score (nSPS) is 15.1. The summed E-state index contributed by atoms with van der Waals surface area (Å²) >= 11 is 6.12. The van der Waals surface area contributed by atoms with E-state index in [4.69, 9.17) is 21.1 Å². The Balaban J connectivity index is 1.41. The number of methoxy groups -OCH3 is 1. The highest BCUT2D eigenvalue weighted by Gasteiger charge is 2.25. The smallest absolute Gasteiger partial charge is 0.254 e. The number of nitrogens with zero attached hydrogens (tertiary/aromatic N) is 2. The molecule has 1 aliphatic heterocycles. The Bertz CT molecular complexity index is 1170. The molecule has 5 nitrogen and oxygen atoms in total. The lowest BCUT2D eigenvalue weighted by atomic mass is 10.1. The number of carbonyl (C=O) groups excluding carboxylic acids is 1. The molecule has 0 aromatic heterocycles. The molecule has 0 saturated carbocycles. The Kier molecular flexibility index (Phi) is 8.33. The van der Waals surface area contributed by atoms with Crippen LogP contribution < -0.4 is 4.74 Å². The first-order valence-electron chi connectivity index (χ1n) is 11.4. The van der Waals surface area contributed by atoms with E-state index in [2.05, 4.69) is 4.90 Å². The zero-order chi connectivity index (χ0) is 24.8. The predicted molar refractivity (Wildman–Crippen MR) is 131 cm³/mol. The number of carbonyl (C=O) groups is 1. The third kappa shape index (κ3) is 6.57. The predicted octanol–water partition coefficient (Wildman–Crippen LogP) is 5.34. The van der Waals surface area contributed by atoms with E-state index in [1.165, 1.54) is 6.07 Å². The Morgan fingerprint density at radius 3 is 2.46 bits per heavy atom. The van der Waals surface area contributed by atoms with Gasteiger partial charge in [-0.25, -0.2) is 8.78 Å². The topological polar surface area (TPSA) is 42.0 Å². The van der Waals surface area contributed by atoms with Crippen LogP contribution in [0.4, 0.5) is 8.78 Å². The zero-order valence-electron chi connectivity index (χ0n) is 19.4. The number of halogens is 3. The lowest BCUT2D eigenvalue weighted by molar-refractivity contribution is 0.00333. The summed E-state index contributed by atoms with van der Waals surface area (Å²) in [5.74, 6) is -1.54. The summed E-state index contributed by atoms with van der Waals surface area (Å²) in [6, 6.07) is 18.6. The van der Waals surface area contributed by atoms with Gasteiger partial charge >= 0.3 is 0 Å². The summed E-state index contributed by atoms with van der Waals surface area (Å²) < 4.78 is 38.5. The molecule has 1 atom stereocenters. The molecular weight excluding hydrogens is 474 g/mol. The van der Waals surface area contributed by atoms with E-state index in [1.54, 1.807) is 12.0 Å². The minimum Gasteiger partial charge on any atom is -0.497 e. The van der Waals surface area contributed by atoms with Gasteiger partial charge in [-0.3, -0.25) is 9.69 Å². The molecule has 1 heterocycles. The minimum atomic E-state index is -1.02. The molecular formula is C27H27ClF2N2O3. The average Bonchev–Trinajstić information content (AvgIpc) is 2.88. The van der Waals surface area contributed by atoms with E-state index in [0.29, 0.717) is 44.4 Å². The van der Waals surface area contributed by atoms with E-state index in [9.17, 15) is 13.6 Å². The highest BCUT2D eigenvalue weighted by molar-refractivity contribution is 6.30. The van der Waals surface area contributed by atoms with E-state index in [-0.39, 0.29) is 17.6 Å². The van der Waals surface area contributed by atoms with Crippen molar-refractivity contribution in [1.29, 1.82) is 0 Å². The summed E-state index contributed by atoms with van der Waals surface area (Å²) in [6.07, 6.45) is -0.225. The summed E-state index contributed by atoms with van der Waals surface area (Å²) in [5, 5.41) is 0.658. The number of hydrogen-bond donors (Lipinski definition) is 0. The van der Waals surface area contributed by atoms with Crippen molar-refractivity contribution in [3.63, 3.8) is 0 Å². The SMILES string of the molecule is COc1cccc([C@@H](CN2CCN(C(=O)c3ccc(F)c(F)c3)CC2)OCc2cccc(Cl)c2)c1. The van der Waals surface area contributed by atoms with Crippen LogP contribution in [0.5, 0.6) is 5.75 Å². The maximum Gasteiger partial charge on any atom is 0.254 e. The van der Waals surface area contributed by atoms with Crippen LogP contribution in [0.3, 0.4) is 0 Å². The second-order valence-corrected chi connectivity index (χ2v) is 8.86. The van der Waals surface area contributed by atoms with Crippen molar-refractivity contribution in [3.8, 4) is 5.75 Å². The first kappa shape index (κ1) is 25.1. The molecule has 0 spiro atoms. The maximum absolute atomic E-state index is 13.6. The highest BCUT2D eigenvalue weighted by atomic mass is 35.5. The summed E-state index contributed by atoms with van der Waals surface area (Å²) in [5.41, 5.74) is 2.12. The Morgan fingerprint density at radius 2 is 1.74 bits per heavy atom. The van der Waals surface area contributed by atoms with E-state index >= 15 is 0 Å². The van der Waals surface area contributed by atoms with Gasteiger partial charge in [0.15, 0.2) is 11.6 Å². The van der Waals surface area contributed by atoms with Crippen LogP contribution in [0.2, 0.25) is 5.02 Å². The molecule has 4 rings (SSSR count). The van der Waals surface area contributed by atoms with Gasteiger partial charge in [-0.2, -0.15) is 0 Å². The average molecular weight is 501 g/mol. The van der Waals surface area contributed by atoms with Gasteiger partial charge in [0.05, 0.1) is 19.8 Å². The van der Waals surface area contributed by atoms with Gasteiger partial charge in [0.1, 0.15) is 5.75 Å². The number of benzene rings is 3. The fraction of sp³-hybridized carbons (Fsp3) is 0.296. The van der Waals surface area contributed by atoms with E-state index in [0.717, 1.165) is 29.0 Å². The van der Waals surface area contributed by atoms with Gasteiger partial charge in [-0.1, -0.05) is 35.9 Å². The van der Waals surface area contributed by atoms with E-state index in [1.807, 2.05) is 48.5 Å². The second-order valence-electron chi connectivity index (χ2n) is 8.43. The highest BCUT2D eigenvalue weighted by Crippen LogP contribution is 2.26. The number of piperazine rings is 1. The molecule has 1 saturated heterocycles. The number of rotatable bonds is 8. The van der Waals surface area contributed by atoms with Gasteiger partial charge < -0.3 is 14.4 Å². The van der Waals surface area contributed by atoms with Crippen molar-refractivity contribution in [1.82, 2.24) is 9.80 Å². The summed E-state index contributed by atoms with van der Waals surface area (Å²) in [4.78, 5) is 16.6. The summed E-state index contributed by atoms with van der Waals surface area (Å²) in [7, 11) is 1.63. The Labute approximate surface area is 208 Å². The van der Waals surface area contributed by atoms with Crippen molar-refractivity contribution in [2.75, 3.05) is 39.8 Å². The van der Waals surface area contributed by atoms with Crippen molar-refractivity contribution in [2.24, 2.45) is 0 Å². The number of ether oxygens (including phenoxy) is 2. The van der Waals surface area contributed by atoms with Crippen LogP contribution in [-0.4, -0.2) is 55.5 Å². The molecule has 0 bridgehead atoms. The Morgan fingerprint density at radius 1 is 0.971 bits per heavy atom. The quantitative estimate of drug-likeness (QED) is 0.418. The monoisotopic (exact) mass is 500 g/mol. The fourth-order valence-corrected chi connectivity index (χ4v) is 4.31. The molecule has 35 heavy (non-hydrogen) atoms. The van der Waals surface area contributed by atoms with Crippen LogP contribution in [0, 0.1) is 11.6 Å². The van der Waals surface area contributed by atoms with Gasteiger partial charge in [0.2, 0.25) is 0 Å². The molecule has 1 fully saturated rings. The number of amides is 1. The van der Waals surface area contributed by atoms with Gasteiger partial charge in [0, 0.05) is 43.3 Å². The lowest BCUT2D eigenvalue weighted by Gasteiger charge is -2.36. The standard InChI is InChI=1S/C27H27ClF2N2O3/c1-34-23-7-3-5-20(15-23)26(35-18-19-4-2-6-22(28)14-19)17-31-10-12-32(13-11-31)27(33)21-8-9-24(29)25(30)16-21/h2-9,14-16,26H,10-13,17-18H2,1H3/t26-/m1/s1. The zero-order valence-corrected chi connectivity index (χ0v) is 20.2. The fourth-order valence-electron chi connectivity index (χ4n) is 4.10. The van der Waals surface area contributed by atoms with Gasteiger partial charge in [-0.05, 0) is 53.6 Å². The van der Waals surface area contributed by atoms with Crippen molar-refractivity contribution in [2.45, 2.75) is 12.7 Å². The molecule has 8 heteroatoms. The first-order valence-corrected chi connectivity index (χ1v) is 11.8. The van der Waals surface area contributed by atoms with Crippen LogP contribution >= 0.6 is 11.6 Å². The second kappa shape index (κ2) is 11.6. The first-order chi connectivity index (χ1) is 16.9. The van der Waals surface area contributed by atoms with Crippen LogP contribution in [0.1, 0.15) is 27.6 Å². The molecule has 3 aromatic carbocycles. The van der Waals surface area contributed by atoms with Crippen molar-refractivity contribution >= 4 is 17.5 Å².